The van der Waals surface area contributed by atoms with Gasteiger partial charge < -0.3 is 14.9 Å². The Morgan fingerprint density at radius 1 is 1.38 bits per heavy atom. The zero-order valence-electron chi connectivity index (χ0n) is 11.2. The highest BCUT2D eigenvalue weighted by Gasteiger charge is 2.18. The van der Waals surface area contributed by atoms with Gasteiger partial charge in [0.05, 0.1) is 30.4 Å². The molecule has 0 bridgehead atoms. The Kier molecular flexibility index (Phi) is 4.29. The van der Waals surface area contributed by atoms with Crippen LogP contribution in [0.3, 0.4) is 0 Å². The van der Waals surface area contributed by atoms with Gasteiger partial charge in [-0.2, -0.15) is 0 Å². The van der Waals surface area contributed by atoms with Crippen LogP contribution >= 0.6 is 0 Å². The third-order valence-corrected chi connectivity index (χ3v) is 4.16. The van der Waals surface area contributed by atoms with Crippen LogP contribution in [-0.4, -0.2) is 21.4 Å². The van der Waals surface area contributed by atoms with Crippen LogP contribution in [-0.2, 0) is 16.6 Å². The fourth-order valence-corrected chi connectivity index (χ4v) is 2.73. The van der Waals surface area contributed by atoms with Crippen molar-refractivity contribution in [3.63, 3.8) is 0 Å². The maximum atomic E-state index is 12.2. The quantitative estimate of drug-likeness (QED) is 0.822. The SMILES string of the molecule is COc1ccc(S(=O)(=O)NCc2ccco2)cc1C(N)=O. The van der Waals surface area contributed by atoms with Crippen molar-refractivity contribution in [1.29, 1.82) is 0 Å². The predicted molar refractivity (Wildman–Crippen MR) is 74.2 cm³/mol. The summed E-state index contributed by atoms with van der Waals surface area (Å²) < 4.78 is 36.7. The molecule has 0 saturated heterocycles. The van der Waals surface area contributed by atoms with E-state index < -0.39 is 15.9 Å². The minimum Gasteiger partial charge on any atom is -0.496 e. The Hall–Kier alpha value is -2.32. The Morgan fingerprint density at radius 3 is 2.71 bits per heavy atom. The lowest BCUT2D eigenvalue weighted by atomic mass is 10.2. The highest BCUT2D eigenvalue weighted by Crippen LogP contribution is 2.22. The maximum Gasteiger partial charge on any atom is 0.252 e. The van der Waals surface area contributed by atoms with E-state index in [0.717, 1.165) is 0 Å². The molecule has 112 valence electrons. The van der Waals surface area contributed by atoms with Crippen molar-refractivity contribution in [2.75, 3.05) is 7.11 Å². The average molecular weight is 310 g/mol. The van der Waals surface area contributed by atoms with Crippen LogP contribution < -0.4 is 15.2 Å². The van der Waals surface area contributed by atoms with E-state index in [1.54, 1.807) is 12.1 Å². The second-order valence-electron chi connectivity index (χ2n) is 4.13. The normalized spacial score (nSPS) is 11.3. The summed E-state index contributed by atoms with van der Waals surface area (Å²) in [6.45, 7) is 0.00721. The molecule has 0 aliphatic rings. The smallest absolute Gasteiger partial charge is 0.252 e. The Labute approximate surface area is 121 Å². The lowest BCUT2D eigenvalue weighted by Gasteiger charge is -2.09. The van der Waals surface area contributed by atoms with Gasteiger partial charge >= 0.3 is 0 Å². The molecule has 2 rings (SSSR count). The minimum absolute atomic E-state index is 0.00151. The minimum atomic E-state index is -3.79. The fourth-order valence-electron chi connectivity index (χ4n) is 1.71. The number of nitrogens with one attached hydrogen (secondary N) is 1. The number of benzene rings is 1. The Bertz CT molecular complexity index is 738. The molecule has 0 atom stereocenters. The molecule has 0 radical (unpaired) electrons. The first-order valence-electron chi connectivity index (χ1n) is 5.94. The molecular weight excluding hydrogens is 296 g/mol. The van der Waals surface area contributed by atoms with Gasteiger partial charge in [0.1, 0.15) is 11.5 Å². The number of sulfonamides is 1. The van der Waals surface area contributed by atoms with Gasteiger partial charge in [0.15, 0.2) is 0 Å². The first kappa shape index (κ1) is 15.1. The van der Waals surface area contributed by atoms with Crippen molar-refractivity contribution in [3.05, 3.63) is 47.9 Å². The number of carbonyl (C=O) groups is 1. The number of furan rings is 1. The van der Waals surface area contributed by atoms with Crippen molar-refractivity contribution >= 4 is 15.9 Å². The van der Waals surface area contributed by atoms with E-state index in [1.165, 1.54) is 31.6 Å². The van der Waals surface area contributed by atoms with Crippen LogP contribution in [0.1, 0.15) is 16.1 Å². The number of primary amides is 1. The number of hydrogen-bond acceptors (Lipinski definition) is 5. The van der Waals surface area contributed by atoms with Gasteiger partial charge in [-0.1, -0.05) is 0 Å². The van der Waals surface area contributed by atoms with Crippen molar-refractivity contribution in [3.8, 4) is 5.75 Å². The van der Waals surface area contributed by atoms with Crippen LogP contribution in [0.4, 0.5) is 0 Å². The number of rotatable bonds is 6. The van der Waals surface area contributed by atoms with Gasteiger partial charge in [0, 0.05) is 0 Å². The van der Waals surface area contributed by atoms with Gasteiger partial charge in [-0.25, -0.2) is 13.1 Å². The van der Waals surface area contributed by atoms with Crippen LogP contribution in [0.2, 0.25) is 0 Å². The summed E-state index contributed by atoms with van der Waals surface area (Å²) in [5.41, 5.74) is 5.20. The maximum absolute atomic E-state index is 12.2. The van der Waals surface area contributed by atoms with Gasteiger partial charge in [-0.05, 0) is 30.3 Å². The third-order valence-electron chi connectivity index (χ3n) is 2.76. The molecule has 21 heavy (non-hydrogen) atoms. The highest BCUT2D eigenvalue weighted by molar-refractivity contribution is 7.89. The van der Waals surface area contributed by atoms with Crippen LogP contribution in [0, 0.1) is 0 Å². The largest absolute Gasteiger partial charge is 0.496 e. The lowest BCUT2D eigenvalue weighted by molar-refractivity contribution is 0.0997. The molecule has 0 saturated carbocycles. The van der Waals surface area contributed by atoms with E-state index in [-0.39, 0.29) is 22.8 Å². The molecule has 0 aliphatic carbocycles. The molecule has 7 nitrogen and oxygen atoms in total. The molecule has 1 amide bonds. The van der Waals surface area contributed by atoms with Crippen LogP contribution in [0.15, 0.2) is 45.9 Å². The van der Waals surface area contributed by atoms with E-state index in [4.69, 9.17) is 14.9 Å². The molecule has 3 N–H and O–H groups in total. The molecule has 1 heterocycles. The topological polar surface area (TPSA) is 112 Å². The van der Waals surface area contributed by atoms with E-state index in [9.17, 15) is 13.2 Å². The number of hydrogen-bond donors (Lipinski definition) is 2. The molecule has 0 unspecified atom stereocenters. The molecule has 8 heteroatoms. The predicted octanol–water partition coefficient (Wildman–Crippen LogP) is 0.866. The first-order chi connectivity index (χ1) is 9.94. The molecule has 1 aromatic heterocycles. The van der Waals surface area contributed by atoms with E-state index in [0.29, 0.717) is 5.76 Å². The van der Waals surface area contributed by atoms with Crippen molar-refractivity contribution < 1.29 is 22.4 Å². The first-order valence-corrected chi connectivity index (χ1v) is 7.42. The summed E-state index contributed by atoms with van der Waals surface area (Å²) in [6.07, 6.45) is 1.45. The fraction of sp³-hybridized carbons (Fsp3) is 0.154. The number of methoxy groups -OCH3 is 1. The third kappa shape index (κ3) is 3.41. The van der Waals surface area contributed by atoms with Gasteiger partial charge in [0.2, 0.25) is 10.0 Å². The summed E-state index contributed by atoms with van der Waals surface area (Å²) in [6, 6.07) is 7.18. The van der Waals surface area contributed by atoms with Crippen molar-refractivity contribution in [2.45, 2.75) is 11.4 Å². The molecule has 1 aromatic carbocycles. The van der Waals surface area contributed by atoms with Crippen molar-refractivity contribution in [1.82, 2.24) is 4.72 Å². The van der Waals surface area contributed by atoms with Crippen molar-refractivity contribution in [2.24, 2.45) is 5.73 Å². The summed E-state index contributed by atoms with van der Waals surface area (Å²) in [5.74, 6) is -0.0790. The zero-order chi connectivity index (χ0) is 15.5. The van der Waals surface area contributed by atoms with E-state index >= 15 is 0 Å². The molecule has 2 aromatic rings. The summed E-state index contributed by atoms with van der Waals surface area (Å²) in [5, 5.41) is 0. The van der Waals surface area contributed by atoms with Gasteiger partial charge in [-0.15, -0.1) is 0 Å². The lowest BCUT2D eigenvalue weighted by Crippen LogP contribution is -2.23. The number of nitrogens with two attached hydrogens (primary N) is 1. The second kappa shape index (κ2) is 5.98. The number of ether oxygens (including phenoxy) is 1. The van der Waals surface area contributed by atoms with Gasteiger partial charge in [-0.3, -0.25) is 4.79 Å². The molecular formula is C13H14N2O5S. The highest BCUT2D eigenvalue weighted by atomic mass is 32.2. The van der Waals surface area contributed by atoms with E-state index in [2.05, 4.69) is 4.72 Å². The van der Waals surface area contributed by atoms with Crippen LogP contribution in [0.5, 0.6) is 5.75 Å². The number of amides is 1. The Balaban J connectivity index is 2.27. The molecule has 0 fully saturated rings. The second-order valence-corrected chi connectivity index (χ2v) is 5.90. The number of carbonyl (C=O) groups excluding carboxylic acids is 1. The monoisotopic (exact) mass is 310 g/mol. The standard InChI is InChI=1S/C13H14N2O5S/c1-19-12-5-4-10(7-11(12)13(14)16)21(17,18)15-8-9-3-2-6-20-9/h2-7,15H,8H2,1H3,(H2,14,16). The van der Waals surface area contributed by atoms with E-state index in [1.807, 2.05) is 0 Å². The van der Waals surface area contributed by atoms with Gasteiger partial charge in [0.25, 0.3) is 5.91 Å². The molecule has 0 spiro atoms. The molecule has 0 aliphatic heterocycles. The zero-order valence-corrected chi connectivity index (χ0v) is 12.0. The summed E-state index contributed by atoms with van der Waals surface area (Å²) in [7, 11) is -2.42. The average Bonchev–Trinajstić information content (AvgIpc) is 2.97. The summed E-state index contributed by atoms with van der Waals surface area (Å²) in [4.78, 5) is 11.2. The Morgan fingerprint density at radius 2 is 2.14 bits per heavy atom. The summed E-state index contributed by atoms with van der Waals surface area (Å²) >= 11 is 0. The van der Waals surface area contributed by atoms with Crippen LogP contribution in [0.25, 0.3) is 0 Å².